The van der Waals surface area contributed by atoms with Gasteiger partial charge in [-0.1, -0.05) is 18.2 Å². The summed E-state index contributed by atoms with van der Waals surface area (Å²) in [5, 5.41) is 5.63. The maximum atomic E-state index is 12.9. The Morgan fingerprint density at radius 2 is 2.10 bits per heavy atom. The predicted molar refractivity (Wildman–Crippen MR) is 108 cm³/mol. The number of carbonyl (C=O) groups is 2. The number of amides is 2. The molecule has 0 aliphatic carbocycles. The van der Waals surface area contributed by atoms with Gasteiger partial charge in [-0.15, -0.1) is 0 Å². The molecule has 29 heavy (non-hydrogen) atoms. The van der Waals surface area contributed by atoms with E-state index >= 15 is 0 Å². The summed E-state index contributed by atoms with van der Waals surface area (Å²) in [7, 11) is 0. The van der Waals surface area contributed by atoms with Crippen LogP contribution in [0.1, 0.15) is 37.6 Å². The molecule has 2 atom stereocenters. The largest absolute Gasteiger partial charge is 0.467 e. The number of rotatable bonds is 5. The van der Waals surface area contributed by atoms with E-state index in [9.17, 15) is 9.59 Å². The maximum Gasteiger partial charge on any atom is 0.338 e. The van der Waals surface area contributed by atoms with Crippen molar-refractivity contribution in [1.82, 2.24) is 10.6 Å². The Morgan fingerprint density at radius 3 is 2.86 bits per heavy atom. The van der Waals surface area contributed by atoms with Gasteiger partial charge in [-0.05, 0) is 50.5 Å². The number of urea groups is 1. The van der Waals surface area contributed by atoms with Gasteiger partial charge in [-0.2, -0.15) is 0 Å². The van der Waals surface area contributed by atoms with Gasteiger partial charge in [0.05, 0.1) is 30.7 Å². The highest BCUT2D eigenvalue weighted by Gasteiger charge is 2.36. The summed E-state index contributed by atoms with van der Waals surface area (Å²) in [5.74, 6) is 0.0295. The van der Waals surface area contributed by atoms with E-state index in [0.29, 0.717) is 23.6 Å². The van der Waals surface area contributed by atoms with Crippen LogP contribution in [-0.4, -0.2) is 31.2 Å². The molecule has 0 radical (unpaired) electrons. The Labute approximate surface area is 169 Å². The normalized spacial score (nSPS) is 21.3. The quantitative estimate of drug-likeness (QED) is 0.759. The molecule has 0 saturated heterocycles. The molecule has 3 heterocycles. The van der Waals surface area contributed by atoms with E-state index < -0.39 is 12.0 Å². The number of hydrogen-bond acceptors (Lipinski definition) is 5. The number of nitrogens with zero attached hydrogens (tertiary/aromatic N) is 1. The van der Waals surface area contributed by atoms with Crippen molar-refractivity contribution in [1.29, 1.82) is 0 Å². The first-order chi connectivity index (χ1) is 14.1. The zero-order valence-corrected chi connectivity index (χ0v) is 16.6. The fraction of sp³-hybridized carbons (Fsp3) is 0.364. The highest BCUT2D eigenvalue weighted by Crippen LogP contribution is 2.33. The minimum absolute atomic E-state index is 0.247. The van der Waals surface area contributed by atoms with E-state index in [1.54, 1.807) is 19.1 Å². The zero-order chi connectivity index (χ0) is 20.4. The Hall–Kier alpha value is -3.22. The van der Waals surface area contributed by atoms with Crippen molar-refractivity contribution in [3.8, 4) is 0 Å². The average Bonchev–Trinajstić information content (AvgIpc) is 3.24. The molecule has 4 rings (SSSR count). The maximum absolute atomic E-state index is 12.9. The number of esters is 1. The summed E-state index contributed by atoms with van der Waals surface area (Å²) in [6.45, 7) is 4.57. The predicted octanol–water partition coefficient (Wildman–Crippen LogP) is 3.29. The van der Waals surface area contributed by atoms with E-state index in [1.165, 1.54) is 11.8 Å². The molecule has 1 aromatic carbocycles. The molecular weight excluding hydrogens is 370 g/mol. The topological polar surface area (TPSA) is 83.8 Å². The third-order valence-electron chi connectivity index (χ3n) is 5.47. The van der Waals surface area contributed by atoms with Gasteiger partial charge in [0.25, 0.3) is 0 Å². The number of fused-ring (bicyclic) bond motifs is 1. The van der Waals surface area contributed by atoms with Gasteiger partial charge in [0.15, 0.2) is 0 Å². The van der Waals surface area contributed by atoms with Crippen LogP contribution in [0.3, 0.4) is 0 Å². The smallest absolute Gasteiger partial charge is 0.338 e. The van der Waals surface area contributed by atoms with Crippen LogP contribution >= 0.6 is 0 Å². The lowest BCUT2D eigenvalue weighted by Crippen LogP contribution is -2.50. The first kappa shape index (κ1) is 19.1. The van der Waals surface area contributed by atoms with Crippen molar-refractivity contribution in [2.75, 3.05) is 18.1 Å². The lowest BCUT2D eigenvalue weighted by molar-refractivity contribution is -0.139. The molecule has 2 amide bonds. The molecule has 2 N–H and O–H groups in total. The lowest BCUT2D eigenvalue weighted by Gasteiger charge is -2.39. The SMILES string of the molecule is CCOC(=O)C1=C(CN2c3ccccc3CC[C@H]2C)NC(=O)N[C@H]1c1ccco1. The number of hydrogen-bond donors (Lipinski definition) is 2. The van der Waals surface area contributed by atoms with Crippen LogP contribution < -0.4 is 15.5 Å². The molecule has 1 aromatic heterocycles. The highest BCUT2D eigenvalue weighted by molar-refractivity contribution is 5.95. The van der Waals surface area contributed by atoms with Gasteiger partial charge in [0.1, 0.15) is 11.8 Å². The van der Waals surface area contributed by atoms with Gasteiger partial charge in [-0.25, -0.2) is 9.59 Å². The molecule has 0 fully saturated rings. The fourth-order valence-corrected chi connectivity index (χ4v) is 4.03. The van der Waals surface area contributed by atoms with Gasteiger partial charge in [-0.3, -0.25) is 0 Å². The molecular formula is C22H25N3O4. The van der Waals surface area contributed by atoms with Crippen molar-refractivity contribution in [3.05, 3.63) is 65.3 Å². The van der Waals surface area contributed by atoms with Crippen molar-refractivity contribution >= 4 is 17.7 Å². The van der Waals surface area contributed by atoms with Crippen LogP contribution in [0, 0.1) is 0 Å². The van der Waals surface area contributed by atoms with E-state index in [1.807, 2.05) is 12.1 Å². The average molecular weight is 395 g/mol. The first-order valence-corrected chi connectivity index (χ1v) is 9.94. The summed E-state index contributed by atoms with van der Waals surface area (Å²) in [5.41, 5.74) is 3.31. The summed E-state index contributed by atoms with van der Waals surface area (Å²) in [6.07, 6.45) is 3.54. The number of anilines is 1. The van der Waals surface area contributed by atoms with Crippen LogP contribution in [0.2, 0.25) is 0 Å². The molecule has 0 saturated carbocycles. The second kappa shape index (κ2) is 8.03. The van der Waals surface area contributed by atoms with Crippen LogP contribution in [0.25, 0.3) is 0 Å². The van der Waals surface area contributed by atoms with Crippen molar-refractivity contribution in [2.45, 2.75) is 38.8 Å². The number of ether oxygens (including phenoxy) is 1. The molecule has 2 aromatic rings. The molecule has 7 nitrogen and oxygen atoms in total. The van der Waals surface area contributed by atoms with Crippen LogP contribution in [0.15, 0.2) is 58.3 Å². The van der Waals surface area contributed by atoms with Gasteiger partial charge < -0.3 is 24.7 Å². The third-order valence-corrected chi connectivity index (χ3v) is 5.47. The van der Waals surface area contributed by atoms with Crippen LogP contribution in [-0.2, 0) is 16.0 Å². The first-order valence-electron chi connectivity index (χ1n) is 9.94. The van der Waals surface area contributed by atoms with E-state index in [2.05, 4.69) is 34.6 Å². The Morgan fingerprint density at radius 1 is 1.28 bits per heavy atom. The molecule has 152 valence electrons. The highest BCUT2D eigenvalue weighted by atomic mass is 16.5. The summed E-state index contributed by atoms with van der Waals surface area (Å²) >= 11 is 0. The van der Waals surface area contributed by atoms with E-state index in [0.717, 1.165) is 18.5 Å². The minimum Gasteiger partial charge on any atom is -0.467 e. The second-order valence-electron chi connectivity index (χ2n) is 7.30. The molecule has 2 aliphatic heterocycles. The number of nitrogens with one attached hydrogen (secondary N) is 2. The fourth-order valence-electron chi connectivity index (χ4n) is 4.03. The number of carbonyl (C=O) groups excluding carboxylic acids is 2. The number of aryl methyl sites for hydroxylation is 1. The Kier molecular flexibility index (Phi) is 5.29. The molecule has 0 unspecified atom stereocenters. The van der Waals surface area contributed by atoms with Crippen molar-refractivity contribution < 1.29 is 18.7 Å². The van der Waals surface area contributed by atoms with E-state index in [-0.39, 0.29) is 18.7 Å². The van der Waals surface area contributed by atoms with Crippen LogP contribution in [0.4, 0.5) is 10.5 Å². The number of para-hydroxylation sites is 1. The zero-order valence-electron chi connectivity index (χ0n) is 16.6. The number of furan rings is 1. The third kappa shape index (κ3) is 3.72. The van der Waals surface area contributed by atoms with Gasteiger partial charge in [0.2, 0.25) is 0 Å². The summed E-state index contributed by atoms with van der Waals surface area (Å²) in [4.78, 5) is 27.5. The van der Waals surface area contributed by atoms with Crippen LogP contribution in [0.5, 0.6) is 0 Å². The van der Waals surface area contributed by atoms with Gasteiger partial charge >= 0.3 is 12.0 Å². The Bertz CT molecular complexity index is 935. The monoisotopic (exact) mass is 395 g/mol. The molecule has 0 spiro atoms. The number of benzene rings is 1. The van der Waals surface area contributed by atoms with Gasteiger partial charge in [0, 0.05) is 11.7 Å². The van der Waals surface area contributed by atoms with Crippen molar-refractivity contribution in [2.24, 2.45) is 0 Å². The molecule has 2 aliphatic rings. The summed E-state index contributed by atoms with van der Waals surface area (Å²) < 4.78 is 10.8. The minimum atomic E-state index is -0.692. The van der Waals surface area contributed by atoms with Crippen molar-refractivity contribution in [3.63, 3.8) is 0 Å². The lowest BCUT2D eigenvalue weighted by atomic mass is 9.95. The standard InChI is InChI=1S/C22H25N3O4/c1-3-28-21(26)19-16(23-22(27)24-20(19)18-9-6-12-29-18)13-25-14(2)10-11-15-7-4-5-8-17(15)25/h4-9,12,14,20H,3,10-11,13H2,1-2H3,(H2,23,24,27)/t14-,20+/m1/s1. The Balaban J connectivity index is 1.76. The molecule has 7 heteroatoms. The second-order valence-corrected chi connectivity index (χ2v) is 7.30. The summed E-state index contributed by atoms with van der Waals surface area (Å²) in [6, 6.07) is 10.9. The van der Waals surface area contributed by atoms with E-state index in [4.69, 9.17) is 9.15 Å². The molecule has 0 bridgehead atoms.